The lowest BCUT2D eigenvalue weighted by molar-refractivity contribution is 0.931. The molecule has 1 aromatic carbocycles. The number of benzene rings is 1. The zero-order valence-electron chi connectivity index (χ0n) is 10.5. The highest BCUT2D eigenvalue weighted by molar-refractivity contribution is 9.10. The molecule has 0 spiro atoms. The molecule has 1 aromatic heterocycles. The van der Waals surface area contributed by atoms with E-state index in [0.29, 0.717) is 15.9 Å². The zero-order chi connectivity index (χ0) is 14.0. The summed E-state index contributed by atoms with van der Waals surface area (Å²) in [5, 5.41) is 4.43. The molecule has 100 valence electrons. The van der Waals surface area contributed by atoms with Crippen LogP contribution in [-0.2, 0) is 6.42 Å². The van der Waals surface area contributed by atoms with Crippen LogP contribution in [0.2, 0.25) is 10.0 Å². The van der Waals surface area contributed by atoms with Crippen LogP contribution < -0.4 is 5.32 Å². The molecule has 2 aromatic rings. The number of rotatable bonds is 3. The fourth-order valence-corrected chi connectivity index (χ4v) is 2.42. The molecule has 6 heteroatoms. The van der Waals surface area contributed by atoms with Crippen LogP contribution in [0, 0.1) is 6.92 Å². The molecule has 0 atom stereocenters. The van der Waals surface area contributed by atoms with Crippen molar-refractivity contribution in [2.45, 2.75) is 20.3 Å². The van der Waals surface area contributed by atoms with E-state index in [4.69, 9.17) is 23.2 Å². The molecule has 0 radical (unpaired) electrons. The molecule has 0 saturated heterocycles. The second-order valence-electron chi connectivity index (χ2n) is 4.05. The van der Waals surface area contributed by atoms with Crippen molar-refractivity contribution in [3.63, 3.8) is 0 Å². The Morgan fingerprint density at radius 3 is 2.58 bits per heavy atom. The van der Waals surface area contributed by atoms with Gasteiger partial charge in [0.25, 0.3) is 0 Å². The highest BCUT2D eigenvalue weighted by Crippen LogP contribution is 2.31. The smallest absolute Gasteiger partial charge is 0.135 e. The maximum absolute atomic E-state index is 6.19. The van der Waals surface area contributed by atoms with Crippen LogP contribution in [0.5, 0.6) is 0 Å². The standard InChI is InChI=1S/C13H12BrCl2N3/c1-3-12-18-11(14)6-13(19-12)17-10-5-8(15)7(2)4-9(10)16/h4-6H,3H2,1-2H3,(H,17,18,19). The van der Waals surface area contributed by atoms with E-state index >= 15 is 0 Å². The number of aromatic nitrogens is 2. The molecular formula is C13H12BrCl2N3. The number of hydrogen-bond acceptors (Lipinski definition) is 3. The van der Waals surface area contributed by atoms with Crippen molar-refractivity contribution in [1.82, 2.24) is 9.97 Å². The summed E-state index contributed by atoms with van der Waals surface area (Å²) < 4.78 is 0.733. The fourth-order valence-electron chi connectivity index (χ4n) is 1.57. The molecule has 19 heavy (non-hydrogen) atoms. The summed E-state index contributed by atoms with van der Waals surface area (Å²) in [5.74, 6) is 1.44. The normalized spacial score (nSPS) is 10.6. The quantitative estimate of drug-likeness (QED) is 0.768. The number of hydrogen-bond donors (Lipinski definition) is 1. The molecular weight excluding hydrogens is 349 g/mol. The Morgan fingerprint density at radius 2 is 1.89 bits per heavy atom. The number of anilines is 2. The first-order valence-corrected chi connectivity index (χ1v) is 7.30. The van der Waals surface area contributed by atoms with Crippen molar-refractivity contribution in [2.75, 3.05) is 5.32 Å². The van der Waals surface area contributed by atoms with Gasteiger partial charge >= 0.3 is 0 Å². The van der Waals surface area contributed by atoms with Gasteiger partial charge in [-0.05, 0) is 40.5 Å². The second-order valence-corrected chi connectivity index (χ2v) is 5.68. The lowest BCUT2D eigenvalue weighted by Crippen LogP contribution is -2.00. The SMILES string of the molecule is CCc1nc(Br)cc(Nc2cc(Cl)c(C)cc2Cl)n1. The predicted molar refractivity (Wildman–Crippen MR) is 83.6 cm³/mol. The van der Waals surface area contributed by atoms with E-state index in [2.05, 4.69) is 31.2 Å². The van der Waals surface area contributed by atoms with E-state index in [1.165, 1.54) is 0 Å². The van der Waals surface area contributed by atoms with Crippen LogP contribution in [-0.4, -0.2) is 9.97 Å². The summed E-state index contributed by atoms with van der Waals surface area (Å²) >= 11 is 15.7. The minimum absolute atomic E-state index is 0.606. The van der Waals surface area contributed by atoms with Crippen molar-refractivity contribution in [3.8, 4) is 0 Å². The van der Waals surface area contributed by atoms with Crippen LogP contribution in [0.1, 0.15) is 18.3 Å². The van der Waals surface area contributed by atoms with E-state index in [1.807, 2.05) is 19.9 Å². The van der Waals surface area contributed by atoms with Gasteiger partial charge < -0.3 is 5.32 Å². The molecule has 0 aliphatic carbocycles. The first kappa shape index (κ1) is 14.6. The van der Waals surface area contributed by atoms with E-state index in [-0.39, 0.29) is 0 Å². The fraction of sp³-hybridized carbons (Fsp3) is 0.231. The maximum atomic E-state index is 6.19. The molecule has 3 nitrogen and oxygen atoms in total. The lowest BCUT2D eigenvalue weighted by atomic mass is 10.2. The van der Waals surface area contributed by atoms with Crippen LogP contribution in [0.3, 0.4) is 0 Å². The van der Waals surface area contributed by atoms with E-state index in [0.717, 1.165) is 28.1 Å². The van der Waals surface area contributed by atoms with Crippen molar-refractivity contribution >= 4 is 50.6 Å². The highest BCUT2D eigenvalue weighted by atomic mass is 79.9. The summed E-state index contributed by atoms with van der Waals surface area (Å²) in [4.78, 5) is 8.64. The van der Waals surface area contributed by atoms with Gasteiger partial charge in [-0.15, -0.1) is 0 Å². The molecule has 0 aliphatic heterocycles. The predicted octanol–water partition coefficient (Wildman–Crippen LogP) is 5.16. The van der Waals surface area contributed by atoms with Gasteiger partial charge in [0.1, 0.15) is 16.2 Å². The van der Waals surface area contributed by atoms with E-state index in [9.17, 15) is 0 Å². The van der Waals surface area contributed by atoms with Gasteiger partial charge in [0.2, 0.25) is 0 Å². The third-order valence-corrected chi connectivity index (χ3v) is 3.69. The average Bonchev–Trinajstić information content (AvgIpc) is 2.35. The van der Waals surface area contributed by atoms with Gasteiger partial charge in [-0.2, -0.15) is 0 Å². The Kier molecular flexibility index (Phi) is 4.66. The van der Waals surface area contributed by atoms with Crippen molar-refractivity contribution in [2.24, 2.45) is 0 Å². The van der Waals surface area contributed by atoms with Gasteiger partial charge in [-0.25, -0.2) is 9.97 Å². The Bertz CT molecular complexity index is 617. The molecule has 0 fully saturated rings. The van der Waals surface area contributed by atoms with Crippen LogP contribution in [0.25, 0.3) is 0 Å². The molecule has 1 heterocycles. The molecule has 0 amide bonds. The molecule has 0 bridgehead atoms. The van der Waals surface area contributed by atoms with Gasteiger partial charge in [0.05, 0.1) is 10.7 Å². The Labute approximate surface area is 130 Å². The summed E-state index contributed by atoms with van der Waals surface area (Å²) in [6.07, 6.45) is 0.760. The Balaban J connectivity index is 2.36. The van der Waals surface area contributed by atoms with Crippen molar-refractivity contribution in [3.05, 3.63) is 44.2 Å². The topological polar surface area (TPSA) is 37.8 Å². The third-order valence-electron chi connectivity index (χ3n) is 2.57. The zero-order valence-corrected chi connectivity index (χ0v) is 13.6. The van der Waals surface area contributed by atoms with Gasteiger partial charge in [-0.3, -0.25) is 0 Å². The minimum atomic E-state index is 0.606. The van der Waals surface area contributed by atoms with Crippen LogP contribution >= 0.6 is 39.1 Å². The summed E-state index contributed by atoms with van der Waals surface area (Å²) in [7, 11) is 0. The summed E-state index contributed by atoms with van der Waals surface area (Å²) in [6.45, 7) is 3.91. The number of nitrogens with one attached hydrogen (secondary N) is 1. The monoisotopic (exact) mass is 359 g/mol. The summed E-state index contributed by atoms with van der Waals surface area (Å²) in [5.41, 5.74) is 1.67. The maximum Gasteiger partial charge on any atom is 0.135 e. The van der Waals surface area contributed by atoms with Crippen molar-refractivity contribution in [1.29, 1.82) is 0 Å². The molecule has 1 N–H and O–H groups in total. The number of halogens is 3. The largest absolute Gasteiger partial charge is 0.339 e. The minimum Gasteiger partial charge on any atom is -0.339 e. The van der Waals surface area contributed by atoms with Gasteiger partial charge in [0, 0.05) is 17.5 Å². The summed E-state index contributed by atoms with van der Waals surface area (Å²) in [6, 6.07) is 5.41. The Hall–Kier alpha value is -0.840. The van der Waals surface area contributed by atoms with Gasteiger partial charge in [-0.1, -0.05) is 30.1 Å². The van der Waals surface area contributed by atoms with Crippen molar-refractivity contribution < 1.29 is 0 Å². The first-order valence-electron chi connectivity index (χ1n) is 5.75. The van der Waals surface area contributed by atoms with Crippen LogP contribution in [0.4, 0.5) is 11.5 Å². The number of aryl methyl sites for hydroxylation is 2. The Morgan fingerprint density at radius 1 is 1.16 bits per heavy atom. The highest BCUT2D eigenvalue weighted by Gasteiger charge is 2.07. The van der Waals surface area contributed by atoms with Crippen LogP contribution in [0.15, 0.2) is 22.8 Å². The molecule has 0 saturated carbocycles. The van der Waals surface area contributed by atoms with Gasteiger partial charge in [0.15, 0.2) is 0 Å². The van der Waals surface area contributed by atoms with E-state index in [1.54, 1.807) is 12.1 Å². The first-order chi connectivity index (χ1) is 8.99. The third kappa shape index (κ3) is 3.59. The molecule has 0 unspecified atom stereocenters. The molecule has 2 rings (SSSR count). The number of nitrogens with zero attached hydrogens (tertiary/aromatic N) is 2. The average molecular weight is 361 g/mol. The molecule has 0 aliphatic rings. The van der Waals surface area contributed by atoms with E-state index < -0.39 is 0 Å². The second kappa shape index (κ2) is 6.07. The lowest BCUT2D eigenvalue weighted by Gasteiger charge is -2.10.